The summed E-state index contributed by atoms with van der Waals surface area (Å²) in [6, 6.07) is 0. The fraction of sp³-hybridized carbons (Fsp3) is 0.740. The van der Waals surface area contributed by atoms with Crippen LogP contribution in [0.25, 0.3) is 0 Å². The van der Waals surface area contributed by atoms with Crippen molar-refractivity contribution in [3.63, 3.8) is 0 Å². The van der Waals surface area contributed by atoms with Gasteiger partial charge in [-0.3, -0.25) is 8.98 Å². The summed E-state index contributed by atoms with van der Waals surface area (Å²) in [6.45, 7) is 20.1. The Morgan fingerprint density at radius 3 is 2.38 bits per heavy atom. The van der Waals surface area contributed by atoms with Crippen LogP contribution in [-0.2, 0) is 57.0 Å². The number of fused-ring (bicyclic) bond motifs is 2. The Morgan fingerprint density at radius 1 is 0.953 bits per heavy atom. The molecule has 7 aliphatic rings. The summed E-state index contributed by atoms with van der Waals surface area (Å²) in [5.41, 5.74) is 3.37. The summed E-state index contributed by atoms with van der Waals surface area (Å²) in [5.74, 6) is -1.59. The van der Waals surface area contributed by atoms with Crippen LogP contribution >= 0.6 is 0 Å². The molecule has 64 heavy (non-hydrogen) atoms. The van der Waals surface area contributed by atoms with Crippen LogP contribution in [0.15, 0.2) is 71.0 Å². The first-order chi connectivity index (χ1) is 30.4. The number of halogens is 1. The molecule has 6 aliphatic heterocycles. The molecule has 0 aromatic carbocycles. The van der Waals surface area contributed by atoms with E-state index in [1.54, 1.807) is 14.0 Å². The van der Waals surface area contributed by atoms with Crippen molar-refractivity contribution in [2.75, 3.05) is 20.8 Å². The SMILES string of the molecule is C=C(F)S(=O)(=O)OC1C(C)OC(C2C(C)OC(C3C(C)=CCC4CC(CC5(C=CCC(C(C)CC)O5)O4)OC(=O)C4C=C(C)C(C)C5OCC(=CC=CC3C)C45)CC2OC)CC1OC. The quantitative estimate of drug-likeness (QED) is 0.125. The fourth-order valence-electron chi connectivity index (χ4n) is 11.7. The molecule has 19 unspecified atom stereocenters. The maximum atomic E-state index is 14.4. The number of hydrogen-bond acceptors (Lipinski definition) is 12. The summed E-state index contributed by atoms with van der Waals surface area (Å²) < 4.78 is 96.1. The minimum atomic E-state index is -4.66. The number of hydrogen-bond donors (Lipinski definition) is 0. The first-order valence-electron chi connectivity index (χ1n) is 23.6. The molecule has 2 bridgehead atoms. The van der Waals surface area contributed by atoms with E-state index in [9.17, 15) is 17.6 Å². The van der Waals surface area contributed by atoms with Gasteiger partial charge in [0.2, 0.25) is 5.16 Å². The van der Waals surface area contributed by atoms with Crippen LogP contribution in [0.1, 0.15) is 100 Å². The molecule has 1 spiro atoms. The normalized spacial score (nSPS) is 43.7. The largest absolute Gasteiger partial charge is 0.462 e. The van der Waals surface area contributed by atoms with Gasteiger partial charge in [0.05, 0.1) is 67.5 Å². The topological polar surface area (TPSA) is 134 Å². The standard InChI is InChI=1S/C50H73FO12S/c1-12-27(2)39-17-14-20-50(62-39)25-37-22-36(61-50)19-18-29(4)44(28(3)15-13-16-35-26-57-47-31(6)30(5)21-38(46(35)47)49(52)60-37)41-23-40(55-10)45(32(7)58-41)42-24-43(56-11)48(33(8)59-42)63-64(53,54)34(9)51/h13-16,18,20-21,27-28,31-33,36-48H,9,12,17,19,22-26H2,1-8,10-11H3. The summed E-state index contributed by atoms with van der Waals surface area (Å²) in [7, 11) is -1.48. The number of ether oxygens (including phenoxy) is 8. The molecule has 0 aromatic rings. The molecule has 7 rings (SSSR count). The first-order valence-corrected chi connectivity index (χ1v) is 25.0. The van der Waals surface area contributed by atoms with Crippen molar-refractivity contribution in [2.24, 2.45) is 41.4 Å². The summed E-state index contributed by atoms with van der Waals surface area (Å²) in [4.78, 5) is 14.4. The third kappa shape index (κ3) is 10.3. The lowest BCUT2D eigenvalue weighted by Gasteiger charge is -2.49. The van der Waals surface area contributed by atoms with E-state index in [0.29, 0.717) is 38.2 Å². The van der Waals surface area contributed by atoms with Crippen molar-refractivity contribution >= 4 is 16.1 Å². The van der Waals surface area contributed by atoms with E-state index < -0.39 is 57.5 Å². The van der Waals surface area contributed by atoms with E-state index in [4.69, 9.17) is 42.1 Å². The molecule has 19 atom stereocenters. The van der Waals surface area contributed by atoms with Crippen molar-refractivity contribution in [3.05, 3.63) is 71.0 Å². The third-order valence-corrected chi connectivity index (χ3v) is 16.6. The molecule has 4 fully saturated rings. The lowest BCUT2D eigenvalue weighted by Crippen LogP contribution is -2.58. The van der Waals surface area contributed by atoms with Crippen LogP contribution in [0, 0.1) is 41.4 Å². The van der Waals surface area contributed by atoms with Gasteiger partial charge in [0, 0.05) is 63.6 Å². The van der Waals surface area contributed by atoms with E-state index in [1.165, 1.54) is 7.11 Å². The van der Waals surface area contributed by atoms with Crippen molar-refractivity contribution in [2.45, 2.75) is 173 Å². The highest BCUT2D eigenvalue weighted by Gasteiger charge is 2.52. The van der Waals surface area contributed by atoms with Gasteiger partial charge in [-0.25, -0.2) is 0 Å². The van der Waals surface area contributed by atoms with Gasteiger partial charge in [0.1, 0.15) is 12.2 Å². The predicted octanol–water partition coefficient (Wildman–Crippen LogP) is 8.63. The van der Waals surface area contributed by atoms with Gasteiger partial charge >= 0.3 is 16.1 Å². The summed E-state index contributed by atoms with van der Waals surface area (Å²) >= 11 is 0. The van der Waals surface area contributed by atoms with Crippen LogP contribution in [-0.4, -0.2) is 108 Å². The lowest BCUT2D eigenvalue weighted by atomic mass is 9.71. The Labute approximate surface area is 381 Å². The van der Waals surface area contributed by atoms with E-state index >= 15 is 0 Å². The second kappa shape index (κ2) is 20.4. The van der Waals surface area contributed by atoms with Gasteiger partial charge in [-0.2, -0.15) is 12.8 Å². The smallest absolute Gasteiger partial charge is 0.324 e. The second-order valence-corrected chi connectivity index (χ2v) is 21.2. The molecule has 0 saturated carbocycles. The Kier molecular flexibility index (Phi) is 15.7. The van der Waals surface area contributed by atoms with Gasteiger partial charge in [0.15, 0.2) is 5.79 Å². The second-order valence-electron chi connectivity index (χ2n) is 19.7. The number of allylic oxidation sites excluding steroid dienone is 3. The molecule has 6 heterocycles. The molecular formula is C50H73FO12S. The molecule has 0 aromatic heterocycles. The van der Waals surface area contributed by atoms with Gasteiger partial charge in [-0.05, 0) is 70.6 Å². The van der Waals surface area contributed by atoms with Crippen molar-refractivity contribution in [1.29, 1.82) is 0 Å². The van der Waals surface area contributed by atoms with E-state index in [1.807, 2.05) is 13.0 Å². The van der Waals surface area contributed by atoms with E-state index in [0.717, 1.165) is 29.6 Å². The predicted molar refractivity (Wildman–Crippen MR) is 240 cm³/mol. The highest BCUT2D eigenvalue weighted by molar-refractivity contribution is 7.90. The zero-order valence-electron chi connectivity index (χ0n) is 39.5. The number of esters is 1. The zero-order valence-corrected chi connectivity index (χ0v) is 40.3. The van der Waals surface area contributed by atoms with Crippen LogP contribution in [0.2, 0.25) is 0 Å². The van der Waals surface area contributed by atoms with Crippen LogP contribution in [0.5, 0.6) is 0 Å². The third-order valence-electron chi connectivity index (χ3n) is 15.6. The number of carbonyl (C=O) groups is 1. The molecule has 12 nitrogen and oxygen atoms in total. The molecule has 14 heteroatoms. The Hall–Kier alpha value is -2.53. The van der Waals surface area contributed by atoms with E-state index in [-0.39, 0.29) is 78.6 Å². The zero-order chi connectivity index (χ0) is 46.2. The van der Waals surface area contributed by atoms with Crippen LogP contribution < -0.4 is 0 Å². The van der Waals surface area contributed by atoms with Crippen molar-refractivity contribution < 1.29 is 59.7 Å². The average molecular weight is 917 g/mol. The molecule has 0 amide bonds. The highest BCUT2D eigenvalue weighted by Crippen LogP contribution is 2.47. The highest BCUT2D eigenvalue weighted by atomic mass is 32.2. The maximum absolute atomic E-state index is 14.4. The summed E-state index contributed by atoms with van der Waals surface area (Å²) in [6.07, 6.45) is 14.6. The van der Waals surface area contributed by atoms with Gasteiger partial charge in [0.25, 0.3) is 0 Å². The van der Waals surface area contributed by atoms with Gasteiger partial charge in [-0.1, -0.05) is 81.7 Å². The van der Waals surface area contributed by atoms with Gasteiger partial charge in [-0.15, -0.1) is 0 Å². The Morgan fingerprint density at radius 2 is 1.67 bits per heavy atom. The molecule has 0 radical (unpaired) electrons. The minimum Gasteiger partial charge on any atom is -0.462 e. The molecule has 4 saturated heterocycles. The fourth-order valence-corrected chi connectivity index (χ4v) is 12.4. The van der Waals surface area contributed by atoms with Crippen LogP contribution in [0.3, 0.4) is 0 Å². The average Bonchev–Trinajstić information content (AvgIpc) is 3.67. The number of rotatable bonds is 9. The van der Waals surface area contributed by atoms with Gasteiger partial charge < -0.3 is 37.9 Å². The maximum Gasteiger partial charge on any atom is 0.324 e. The Bertz CT molecular complexity index is 1960. The van der Waals surface area contributed by atoms with Crippen LogP contribution in [0.4, 0.5) is 4.39 Å². The van der Waals surface area contributed by atoms with Crippen molar-refractivity contribution in [1.82, 2.24) is 0 Å². The molecule has 1 aliphatic carbocycles. The number of methoxy groups -OCH3 is 2. The Balaban J connectivity index is 1.19. The van der Waals surface area contributed by atoms with Crippen molar-refractivity contribution in [3.8, 4) is 0 Å². The molecule has 358 valence electrons. The lowest BCUT2D eigenvalue weighted by molar-refractivity contribution is -0.294. The van der Waals surface area contributed by atoms with E-state index in [2.05, 4.69) is 84.6 Å². The number of carbonyl (C=O) groups excluding carboxylic acids is 1. The minimum absolute atomic E-state index is 0.00916. The molecule has 0 N–H and O–H groups in total. The molecular weight excluding hydrogens is 844 g/mol. The monoisotopic (exact) mass is 916 g/mol. The summed E-state index contributed by atoms with van der Waals surface area (Å²) in [5, 5.41) is -1.57. The first kappa shape index (κ1) is 49.4.